The van der Waals surface area contributed by atoms with Gasteiger partial charge < -0.3 is 14.4 Å². The Hall–Kier alpha value is -2.53. The normalized spacial score (nSPS) is 18.9. The Morgan fingerprint density at radius 2 is 1.69 bits per heavy atom. The van der Waals surface area contributed by atoms with Crippen molar-refractivity contribution >= 4 is 23.5 Å². The average molecular weight is 416 g/mol. The number of carbonyl (C=O) groups is 2. The van der Waals surface area contributed by atoms with Gasteiger partial charge in [-0.1, -0.05) is 41.9 Å². The molecule has 154 valence electrons. The predicted molar refractivity (Wildman–Crippen MR) is 112 cm³/mol. The third-order valence-corrected chi connectivity index (χ3v) is 5.62. The minimum atomic E-state index is -0.578. The summed E-state index contributed by atoms with van der Waals surface area (Å²) in [7, 11) is 0. The summed E-state index contributed by atoms with van der Waals surface area (Å²) >= 11 is 6.16. The topological polar surface area (TPSA) is 55.8 Å². The fourth-order valence-corrected chi connectivity index (χ4v) is 3.91. The molecule has 2 atom stereocenters. The van der Waals surface area contributed by atoms with Gasteiger partial charge in [-0.2, -0.15) is 0 Å². The van der Waals surface area contributed by atoms with Crippen LogP contribution in [0.4, 0.5) is 0 Å². The maximum absolute atomic E-state index is 12.6. The van der Waals surface area contributed by atoms with Crippen LogP contribution in [0.5, 0.6) is 5.75 Å². The average Bonchev–Trinajstić information content (AvgIpc) is 2.71. The Morgan fingerprint density at radius 3 is 2.41 bits per heavy atom. The summed E-state index contributed by atoms with van der Waals surface area (Å²) in [5.41, 5.74) is 1.10. The van der Waals surface area contributed by atoms with E-state index in [1.54, 1.807) is 30.3 Å². The molecule has 5 nitrogen and oxygen atoms in total. The van der Waals surface area contributed by atoms with Crippen molar-refractivity contribution in [3.05, 3.63) is 64.7 Å². The maximum Gasteiger partial charge on any atom is 0.342 e. The van der Waals surface area contributed by atoms with E-state index >= 15 is 0 Å². The second-order valence-corrected chi connectivity index (χ2v) is 7.79. The molecule has 2 aromatic rings. The molecule has 1 saturated heterocycles. The standard InChI is InChI=1S/C23H26ClNO4/c1-16-8-7-9-17(2)25(16)22(26)15-29-23(27)19-11-4-6-13-21(19)28-14-18-10-3-5-12-20(18)24/h3-6,10-13,16-17H,7-9,14-15H2,1-2H3/t16-,17-/m0/s1. The lowest BCUT2D eigenvalue weighted by Gasteiger charge is -2.38. The molecule has 1 aliphatic heterocycles. The lowest BCUT2D eigenvalue weighted by Crippen LogP contribution is -2.49. The Kier molecular flexibility index (Phi) is 7.15. The number of piperidine rings is 1. The molecule has 6 heteroatoms. The molecule has 1 aliphatic rings. The predicted octanol–water partition coefficient (Wildman–Crippen LogP) is 4.87. The van der Waals surface area contributed by atoms with Crippen molar-refractivity contribution in [1.29, 1.82) is 0 Å². The fourth-order valence-electron chi connectivity index (χ4n) is 3.72. The van der Waals surface area contributed by atoms with E-state index in [1.165, 1.54) is 0 Å². The largest absolute Gasteiger partial charge is 0.488 e. The Bertz CT molecular complexity index is 859. The zero-order valence-electron chi connectivity index (χ0n) is 16.8. The van der Waals surface area contributed by atoms with E-state index in [-0.39, 0.29) is 36.8 Å². The molecule has 0 unspecified atom stereocenters. The molecule has 0 saturated carbocycles. The van der Waals surface area contributed by atoms with Crippen LogP contribution in [0, 0.1) is 0 Å². The number of likely N-dealkylation sites (tertiary alicyclic amines) is 1. The van der Waals surface area contributed by atoms with Crippen LogP contribution in [0.2, 0.25) is 5.02 Å². The molecule has 0 bridgehead atoms. The van der Waals surface area contributed by atoms with Gasteiger partial charge in [0, 0.05) is 22.7 Å². The summed E-state index contributed by atoms with van der Waals surface area (Å²) < 4.78 is 11.1. The van der Waals surface area contributed by atoms with Gasteiger partial charge in [-0.3, -0.25) is 4.79 Å². The number of hydrogen-bond donors (Lipinski definition) is 0. The highest BCUT2D eigenvalue weighted by Gasteiger charge is 2.29. The number of nitrogens with zero attached hydrogens (tertiary/aromatic N) is 1. The van der Waals surface area contributed by atoms with Crippen LogP contribution >= 0.6 is 11.6 Å². The Morgan fingerprint density at radius 1 is 1.03 bits per heavy atom. The van der Waals surface area contributed by atoms with Crippen LogP contribution in [0.15, 0.2) is 48.5 Å². The van der Waals surface area contributed by atoms with Gasteiger partial charge in [0.25, 0.3) is 5.91 Å². The van der Waals surface area contributed by atoms with Crippen LogP contribution in [-0.2, 0) is 16.1 Å². The van der Waals surface area contributed by atoms with E-state index in [9.17, 15) is 9.59 Å². The minimum absolute atomic E-state index is 0.160. The highest BCUT2D eigenvalue weighted by molar-refractivity contribution is 6.31. The fraction of sp³-hybridized carbons (Fsp3) is 0.391. The molecule has 0 N–H and O–H groups in total. The van der Waals surface area contributed by atoms with Gasteiger partial charge in [-0.15, -0.1) is 0 Å². The number of halogens is 1. The van der Waals surface area contributed by atoms with E-state index in [2.05, 4.69) is 0 Å². The smallest absolute Gasteiger partial charge is 0.342 e. The second kappa shape index (κ2) is 9.79. The van der Waals surface area contributed by atoms with Crippen LogP contribution in [0.25, 0.3) is 0 Å². The van der Waals surface area contributed by atoms with Crippen LogP contribution in [0.1, 0.15) is 49.0 Å². The summed E-state index contributed by atoms with van der Waals surface area (Å²) in [4.78, 5) is 27.0. The molecule has 0 aliphatic carbocycles. The number of benzene rings is 2. The first-order valence-electron chi connectivity index (χ1n) is 9.91. The van der Waals surface area contributed by atoms with Crippen molar-refractivity contribution in [1.82, 2.24) is 4.90 Å². The molecule has 0 aromatic heterocycles. The van der Waals surface area contributed by atoms with Crippen molar-refractivity contribution < 1.29 is 19.1 Å². The SMILES string of the molecule is C[C@H]1CCC[C@H](C)N1C(=O)COC(=O)c1ccccc1OCc1ccccc1Cl. The monoisotopic (exact) mass is 415 g/mol. The van der Waals surface area contributed by atoms with Crippen molar-refractivity contribution in [3.63, 3.8) is 0 Å². The van der Waals surface area contributed by atoms with Crippen LogP contribution < -0.4 is 4.74 Å². The Labute approximate surface area is 176 Å². The number of hydrogen-bond acceptors (Lipinski definition) is 4. The maximum atomic E-state index is 12.6. The molecule has 1 heterocycles. The highest BCUT2D eigenvalue weighted by Crippen LogP contribution is 2.24. The summed E-state index contributed by atoms with van der Waals surface area (Å²) in [6.07, 6.45) is 3.06. The molecule has 1 amide bonds. The zero-order valence-corrected chi connectivity index (χ0v) is 17.5. The van der Waals surface area contributed by atoms with E-state index in [1.807, 2.05) is 36.9 Å². The molecular formula is C23H26ClNO4. The quantitative estimate of drug-likeness (QED) is 0.632. The third-order valence-electron chi connectivity index (χ3n) is 5.26. The first-order valence-corrected chi connectivity index (χ1v) is 10.3. The van der Waals surface area contributed by atoms with Crippen molar-refractivity contribution in [2.45, 2.75) is 51.8 Å². The lowest BCUT2D eigenvalue weighted by atomic mass is 9.97. The number of rotatable bonds is 6. The van der Waals surface area contributed by atoms with Gasteiger partial charge in [0.2, 0.25) is 0 Å². The van der Waals surface area contributed by atoms with Crippen LogP contribution in [-0.4, -0.2) is 35.5 Å². The van der Waals surface area contributed by atoms with Gasteiger partial charge >= 0.3 is 5.97 Å². The number of ether oxygens (including phenoxy) is 2. The van der Waals surface area contributed by atoms with Crippen molar-refractivity contribution in [2.75, 3.05) is 6.61 Å². The van der Waals surface area contributed by atoms with E-state index < -0.39 is 5.97 Å². The Balaban J connectivity index is 1.62. The minimum Gasteiger partial charge on any atom is -0.488 e. The second-order valence-electron chi connectivity index (χ2n) is 7.38. The molecule has 2 aromatic carbocycles. The van der Waals surface area contributed by atoms with Crippen molar-refractivity contribution in [3.8, 4) is 5.75 Å². The summed E-state index contributed by atoms with van der Waals surface area (Å²) in [6, 6.07) is 14.5. The number of amides is 1. The van der Waals surface area contributed by atoms with Gasteiger partial charge in [-0.05, 0) is 51.3 Å². The third kappa shape index (κ3) is 5.30. The summed E-state index contributed by atoms with van der Waals surface area (Å²) in [5.74, 6) is -0.345. The highest BCUT2D eigenvalue weighted by atomic mass is 35.5. The van der Waals surface area contributed by atoms with Gasteiger partial charge in [0.1, 0.15) is 17.9 Å². The molecular weight excluding hydrogens is 390 g/mol. The van der Waals surface area contributed by atoms with E-state index in [0.717, 1.165) is 24.8 Å². The lowest BCUT2D eigenvalue weighted by molar-refractivity contribution is -0.140. The van der Waals surface area contributed by atoms with E-state index in [4.69, 9.17) is 21.1 Å². The summed E-state index contributed by atoms with van der Waals surface area (Å²) in [6.45, 7) is 4.03. The van der Waals surface area contributed by atoms with Crippen molar-refractivity contribution in [2.24, 2.45) is 0 Å². The van der Waals surface area contributed by atoms with Crippen LogP contribution in [0.3, 0.4) is 0 Å². The number of esters is 1. The zero-order chi connectivity index (χ0) is 20.8. The van der Waals surface area contributed by atoms with E-state index in [0.29, 0.717) is 10.8 Å². The van der Waals surface area contributed by atoms with Gasteiger partial charge in [0.05, 0.1) is 0 Å². The number of carbonyl (C=O) groups excluding carboxylic acids is 2. The molecule has 29 heavy (non-hydrogen) atoms. The first-order chi connectivity index (χ1) is 14.0. The molecule has 0 radical (unpaired) electrons. The van der Waals surface area contributed by atoms with Gasteiger partial charge in [0.15, 0.2) is 6.61 Å². The first kappa shape index (κ1) is 21.2. The molecule has 1 fully saturated rings. The summed E-state index contributed by atoms with van der Waals surface area (Å²) in [5, 5.41) is 0.600. The van der Waals surface area contributed by atoms with Gasteiger partial charge in [-0.25, -0.2) is 4.79 Å². The molecule has 3 rings (SSSR count). The molecule has 0 spiro atoms. The number of para-hydroxylation sites is 1.